The summed E-state index contributed by atoms with van der Waals surface area (Å²) in [6, 6.07) is 0.659. The first kappa shape index (κ1) is 18.4. The van der Waals surface area contributed by atoms with Gasteiger partial charge in [0.25, 0.3) is 0 Å². The molecule has 0 aromatic carbocycles. The lowest BCUT2D eigenvalue weighted by Gasteiger charge is -2.37. The van der Waals surface area contributed by atoms with E-state index in [1.54, 1.807) is 0 Å². The van der Waals surface area contributed by atoms with Gasteiger partial charge in [0, 0.05) is 18.6 Å². The number of nitrogens with two attached hydrogens (primary N) is 1. The Labute approximate surface area is 119 Å². The second-order valence-electron chi connectivity index (χ2n) is 6.27. The fourth-order valence-electron chi connectivity index (χ4n) is 2.32. The van der Waals surface area contributed by atoms with Gasteiger partial charge in [0.05, 0.1) is 0 Å². The van der Waals surface area contributed by atoms with Crippen LogP contribution in [-0.2, 0) is 4.79 Å². The van der Waals surface area contributed by atoms with Crippen molar-refractivity contribution in [1.29, 1.82) is 0 Å². The molecule has 1 amide bonds. The van der Waals surface area contributed by atoms with Gasteiger partial charge < -0.3 is 11.1 Å². The molecular weight excluding hydrogens is 238 g/mol. The third-order valence-corrected chi connectivity index (χ3v) is 3.45. The van der Waals surface area contributed by atoms with Gasteiger partial charge in [-0.05, 0) is 47.6 Å². The Bertz CT molecular complexity index is 266. The monoisotopic (exact) mass is 271 g/mol. The predicted molar refractivity (Wildman–Crippen MR) is 82.1 cm³/mol. The average molecular weight is 271 g/mol. The Morgan fingerprint density at radius 3 is 2.21 bits per heavy atom. The molecule has 0 saturated heterocycles. The van der Waals surface area contributed by atoms with Crippen molar-refractivity contribution in [1.82, 2.24) is 10.2 Å². The van der Waals surface area contributed by atoms with Crippen LogP contribution >= 0.6 is 0 Å². The molecule has 4 nitrogen and oxygen atoms in total. The van der Waals surface area contributed by atoms with E-state index >= 15 is 0 Å². The van der Waals surface area contributed by atoms with Crippen LogP contribution in [0.2, 0.25) is 0 Å². The van der Waals surface area contributed by atoms with E-state index in [9.17, 15) is 4.79 Å². The van der Waals surface area contributed by atoms with Crippen LogP contribution in [0.25, 0.3) is 0 Å². The second kappa shape index (κ2) is 8.54. The summed E-state index contributed by atoms with van der Waals surface area (Å²) < 4.78 is 0. The molecule has 0 radical (unpaired) electrons. The highest BCUT2D eigenvalue weighted by molar-refractivity contribution is 5.84. The van der Waals surface area contributed by atoms with Gasteiger partial charge in [-0.1, -0.05) is 19.8 Å². The molecule has 0 rings (SSSR count). The molecule has 1 unspecified atom stereocenters. The number of nitrogens with one attached hydrogen (secondary N) is 1. The first-order valence-electron chi connectivity index (χ1n) is 7.54. The van der Waals surface area contributed by atoms with E-state index in [0.717, 1.165) is 6.54 Å². The zero-order valence-corrected chi connectivity index (χ0v) is 13.6. The van der Waals surface area contributed by atoms with Crippen LogP contribution < -0.4 is 11.1 Å². The van der Waals surface area contributed by atoms with Crippen molar-refractivity contribution in [2.24, 2.45) is 5.73 Å². The number of nitrogens with zero attached hydrogens (tertiary/aromatic N) is 1. The predicted octanol–water partition coefficient (Wildman–Crippen LogP) is 2.13. The van der Waals surface area contributed by atoms with Crippen LogP contribution in [0.15, 0.2) is 0 Å². The minimum absolute atomic E-state index is 0.238. The number of hydrogen-bond donors (Lipinski definition) is 2. The summed E-state index contributed by atoms with van der Waals surface area (Å²) in [4.78, 5) is 14.1. The molecule has 0 aliphatic carbocycles. The number of rotatable bonds is 10. The fraction of sp³-hybridized carbons (Fsp3) is 0.933. The van der Waals surface area contributed by atoms with Gasteiger partial charge in [0.15, 0.2) is 0 Å². The minimum atomic E-state index is -0.662. The number of amides is 1. The van der Waals surface area contributed by atoms with E-state index in [0.29, 0.717) is 12.6 Å². The molecule has 3 N–H and O–H groups in total. The molecule has 0 aromatic rings. The molecule has 19 heavy (non-hydrogen) atoms. The summed E-state index contributed by atoms with van der Waals surface area (Å²) in [6.45, 7) is 14.2. The Hall–Kier alpha value is -0.610. The van der Waals surface area contributed by atoms with Crippen molar-refractivity contribution >= 4 is 5.91 Å². The van der Waals surface area contributed by atoms with Crippen LogP contribution in [0, 0.1) is 0 Å². The highest BCUT2D eigenvalue weighted by Crippen LogP contribution is 2.12. The lowest BCUT2D eigenvalue weighted by atomic mass is 9.98. The quantitative estimate of drug-likeness (QED) is 0.598. The number of primary amides is 1. The normalized spacial score (nSPS) is 15.2. The second-order valence-corrected chi connectivity index (χ2v) is 6.27. The molecule has 0 aromatic heterocycles. The highest BCUT2D eigenvalue weighted by atomic mass is 16.1. The first-order valence-corrected chi connectivity index (χ1v) is 7.54. The molecule has 1 atom stereocenters. The van der Waals surface area contributed by atoms with E-state index in [1.807, 2.05) is 20.8 Å². The number of unbranched alkanes of at least 4 members (excludes halogenated alkanes) is 2. The van der Waals surface area contributed by atoms with E-state index in [4.69, 9.17) is 5.73 Å². The smallest absolute Gasteiger partial charge is 0.238 e. The van der Waals surface area contributed by atoms with Gasteiger partial charge in [0.2, 0.25) is 5.91 Å². The van der Waals surface area contributed by atoms with Crippen LogP contribution in [0.4, 0.5) is 0 Å². The largest absolute Gasteiger partial charge is 0.368 e. The maximum Gasteiger partial charge on any atom is 0.238 e. The summed E-state index contributed by atoms with van der Waals surface area (Å²) >= 11 is 0. The highest BCUT2D eigenvalue weighted by Gasteiger charge is 2.34. The minimum Gasteiger partial charge on any atom is -0.368 e. The topological polar surface area (TPSA) is 58.4 Å². The van der Waals surface area contributed by atoms with Gasteiger partial charge in [-0.25, -0.2) is 0 Å². The standard InChI is InChI=1S/C15H33N3O/c1-7-8-9-10-18(13(4)5)11-15(6,14(16)19)17-12(2)3/h12-13,17H,7-11H2,1-6H3,(H2,16,19). The van der Waals surface area contributed by atoms with Crippen molar-refractivity contribution in [3.05, 3.63) is 0 Å². The summed E-state index contributed by atoms with van der Waals surface area (Å²) in [5.41, 5.74) is 4.93. The lowest BCUT2D eigenvalue weighted by molar-refractivity contribution is -0.125. The molecule has 0 spiro atoms. The van der Waals surface area contributed by atoms with Crippen LogP contribution in [0.5, 0.6) is 0 Å². The fourth-order valence-corrected chi connectivity index (χ4v) is 2.32. The zero-order chi connectivity index (χ0) is 15.1. The van der Waals surface area contributed by atoms with Crippen molar-refractivity contribution in [3.8, 4) is 0 Å². The molecule has 0 saturated carbocycles. The van der Waals surface area contributed by atoms with Gasteiger partial charge in [-0.15, -0.1) is 0 Å². The number of carbonyl (C=O) groups excluding carboxylic acids is 1. The zero-order valence-electron chi connectivity index (χ0n) is 13.6. The van der Waals surface area contributed by atoms with Crippen LogP contribution in [0.3, 0.4) is 0 Å². The molecule has 0 fully saturated rings. The summed E-state index contributed by atoms with van der Waals surface area (Å²) in [5, 5.41) is 3.32. The third kappa shape index (κ3) is 6.92. The Kier molecular flexibility index (Phi) is 8.26. The van der Waals surface area contributed by atoms with Gasteiger partial charge in [-0.2, -0.15) is 0 Å². The summed E-state index contributed by atoms with van der Waals surface area (Å²) in [7, 11) is 0. The maximum atomic E-state index is 11.8. The average Bonchev–Trinajstić information content (AvgIpc) is 2.26. The van der Waals surface area contributed by atoms with E-state index in [-0.39, 0.29) is 11.9 Å². The van der Waals surface area contributed by atoms with Gasteiger partial charge in [-0.3, -0.25) is 9.69 Å². The van der Waals surface area contributed by atoms with Crippen molar-refractivity contribution in [2.45, 2.75) is 78.4 Å². The Morgan fingerprint density at radius 2 is 1.84 bits per heavy atom. The van der Waals surface area contributed by atoms with Crippen molar-refractivity contribution < 1.29 is 4.79 Å². The molecule has 0 bridgehead atoms. The van der Waals surface area contributed by atoms with E-state index in [1.165, 1.54) is 19.3 Å². The van der Waals surface area contributed by atoms with Crippen molar-refractivity contribution in [3.63, 3.8) is 0 Å². The lowest BCUT2D eigenvalue weighted by Crippen LogP contribution is -2.62. The third-order valence-electron chi connectivity index (χ3n) is 3.45. The van der Waals surface area contributed by atoms with E-state index in [2.05, 4.69) is 31.0 Å². The molecule has 0 aliphatic heterocycles. The SMILES string of the molecule is CCCCCN(CC(C)(NC(C)C)C(N)=O)C(C)C. The molecule has 4 heteroatoms. The molecular formula is C15H33N3O. The van der Waals surface area contributed by atoms with Gasteiger partial charge in [0.1, 0.15) is 5.54 Å². The molecule has 0 heterocycles. The summed E-state index contributed by atoms with van der Waals surface area (Å²) in [6.07, 6.45) is 3.61. The maximum absolute atomic E-state index is 11.8. The first-order chi connectivity index (χ1) is 8.73. The van der Waals surface area contributed by atoms with Crippen LogP contribution in [0.1, 0.15) is 60.8 Å². The molecule has 0 aliphatic rings. The van der Waals surface area contributed by atoms with Gasteiger partial charge >= 0.3 is 0 Å². The Balaban J connectivity index is 4.70. The molecule has 114 valence electrons. The summed E-state index contributed by atoms with van der Waals surface area (Å²) in [5.74, 6) is -0.276. The van der Waals surface area contributed by atoms with Crippen molar-refractivity contribution in [2.75, 3.05) is 13.1 Å². The number of carbonyl (C=O) groups is 1. The Morgan fingerprint density at radius 1 is 1.26 bits per heavy atom. The van der Waals surface area contributed by atoms with Crippen LogP contribution in [-0.4, -0.2) is 41.5 Å². The number of hydrogen-bond acceptors (Lipinski definition) is 3. The van der Waals surface area contributed by atoms with E-state index < -0.39 is 5.54 Å².